The zero-order chi connectivity index (χ0) is 17.0. The molecule has 0 bridgehead atoms. The van der Waals surface area contributed by atoms with Crippen LogP contribution in [0.3, 0.4) is 0 Å². The van der Waals surface area contributed by atoms with Crippen molar-refractivity contribution in [3.63, 3.8) is 0 Å². The summed E-state index contributed by atoms with van der Waals surface area (Å²) in [7, 11) is 0. The van der Waals surface area contributed by atoms with Crippen LogP contribution in [0.25, 0.3) is 0 Å². The predicted octanol–water partition coefficient (Wildman–Crippen LogP) is 2.12. The molecule has 0 aliphatic carbocycles. The van der Waals surface area contributed by atoms with Crippen molar-refractivity contribution in [2.75, 3.05) is 11.9 Å². The molecule has 1 amide bonds. The third-order valence-electron chi connectivity index (χ3n) is 2.92. The van der Waals surface area contributed by atoms with Crippen molar-refractivity contribution in [3.05, 3.63) is 45.2 Å². The van der Waals surface area contributed by atoms with Gasteiger partial charge in [0.15, 0.2) is 10.8 Å². The number of halogens is 1. The van der Waals surface area contributed by atoms with Gasteiger partial charge in [0.05, 0.1) is 6.54 Å². The number of thiol groups is 1. The average molecular weight is 355 g/mol. The molecule has 0 atom stereocenters. The normalized spacial score (nSPS) is 10.4. The van der Waals surface area contributed by atoms with Gasteiger partial charge in [-0.05, 0) is 24.6 Å². The molecule has 9 heteroatoms. The maximum absolute atomic E-state index is 12.0. The Hall–Kier alpha value is -2.19. The van der Waals surface area contributed by atoms with E-state index in [1.54, 1.807) is 31.2 Å². The molecule has 0 saturated carbocycles. The largest absolute Gasteiger partial charge is 0.411 e. The van der Waals surface area contributed by atoms with Crippen LogP contribution in [-0.4, -0.2) is 22.2 Å². The first-order chi connectivity index (χ1) is 10.9. The quantitative estimate of drug-likeness (QED) is 0.564. The summed E-state index contributed by atoms with van der Waals surface area (Å²) < 4.78 is 6.48. The van der Waals surface area contributed by atoms with Gasteiger partial charge in [-0.1, -0.05) is 23.7 Å². The number of hydrogen-bond acceptors (Lipinski definition) is 6. The summed E-state index contributed by atoms with van der Waals surface area (Å²) in [6.45, 7) is 2.51. The standard InChI is InChI=1S/C14H15ClN4O3S/c1-2-17-10-11(20)18-14(23)19(12(10)22-13(16)21)7-8-3-5-9(15)6-4-8/h3-6,17H,2,7H2,1H3,(H2,16,21)(H,18,20,23). The molecule has 0 fully saturated rings. The third-order valence-corrected chi connectivity index (χ3v) is 3.51. The number of nitrogens with zero attached hydrogens (tertiary/aromatic N) is 2. The molecule has 0 aliphatic heterocycles. The van der Waals surface area contributed by atoms with Crippen LogP contribution >= 0.6 is 24.2 Å². The van der Waals surface area contributed by atoms with Crippen LogP contribution in [0.5, 0.6) is 5.88 Å². The molecule has 1 aromatic carbocycles. The minimum absolute atomic E-state index is 0.0284. The molecule has 122 valence electrons. The van der Waals surface area contributed by atoms with Crippen molar-refractivity contribution in [2.24, 2.45) is 5.73 Å². The fraction of sp³-hybridized carbons (Fsp3) is 0.214. The molecule has 2 aromatic rings. The molecule has 0 saturated heterocycles. The van der Waals surface area contributed by atoms with Crippen LogP contribution < -0.4 is 21.3 Å². The second kappa shape index (κ2) is 7.38. The van der Waals surface area contributed by atoms with E-state index in [2.05, 4.69) is 22.9 Å². The first-order valence-electron chi connectivity index (χ1n) is 6.71. The predicted molar refractivity (Wildman–Crippen MR) is 90.7 cm³/mol. The van der Waals surface area contributed by atoms with Gasteiger partial charge in [-0.3, -0.25) is 9.36 Å². The molecule has 0 radical (unpaired) electrons. The lowest BCUT2D eigenvalue weighted by Gasteiger charge is -2.17. The lowest BCUT2D eigenvalue weighted by atomic mass is 10.2. The van der Waals surface area contributed by atoms with Crippen molar-refractivity contribution in [2.45, 2.75) is 18.6 Å². The molecule has 3 N–H and O–H groups in total. The molecule has 1 aromatic heterocycles. The number of nitrogens with one attached hydrogen (secondary N) is 1. The Morgan fingerprint density at radius 2 is 2.09 bits per heavy atom. The molecule has 2 rings (SSSR count). The summed E-state index contributed by atoms with van der Waals surface area (Å²) in [5, 5.41) is 3.53. The number of carbonyl (C=O) groups excluding carboxylic acids is 1. The fourth-order valence-electron chi connectivity index (χ4n) is 1.97. The SMILES string of the molecule is CCNc1c(OC(N)=O)n(Cc2ccc(Cl)cc2)c(S)nc1=O. The van der Waals surface area contributed by atoms with Gasteiger partial charge in [0.2, 0.25) is 5.88 Å². The number of ether oxygens (including phenoxy) is 1. The number of hydrogen-bond donors (Lipinski definition) is 3. The zero-order valence-electron chi connectivity index (χ0n) is 12.2. The van der Waals surface area contributed by atoms with Gasteiger partial charge in [0, 0.05) is 11.6 Å². The molecular formula is C14H15ClN4O3S. The lowest BCUT2D eigenvalue weighted by molar-refractivity contribution is 0.206. The summed E-state index contributed by atoms with van der Waals surface area (Å²) in [4.78, 5) is 27.0. The fourth-order valence-corrected chi connectivity index (χ4v) is 2.35. The van der Waals surface area contributed by atoms with E-state index in [-0.39, 0.29) is 23.3 Å². The van der Waals surface area contributed by atoms with Gasteiger partial charge in [-0.2, -0.15) is 4.98 Å². The maximum atomic E-state index is 12.0. The van der Waals surface area contributed by atoms with Gasteiger partial charge < -0.3 is 15.8 Å². The Bertz CT molecular complexity index is 777. The number of anilines is 1. The van der Waals surface area contributed by atoms with Crippen LogP contribution in [0.4, 0.5) is 10.5 Å². The van der Waals surface area contributed by atoms with Crippen molar-refractivity contribution in [1.29, 1.82) is 0 Å². The Balaban J connectivity index is 2.55. The van der Waals surface area contributed by atoms with Crippen LogP contribution in [0.1, 0.15) is 12.5 Å². The van der Waals surface area contributed by atoms with E-state index in [1.165, 1.54) is 4.57 Å². The Morgan fingerprint density at radius 3 is 2.65 bits per heavy atom. The molecule has 0 aliphatic rings. The van der Waals surface area contributed by atoms with E-state index >= 15 is 0 Å². The van der Waals surface area contributed by atoms with E-state index in [0.29, 0.717) is 11.6 Å². The lowest BCUT2D eigenvalue weighted by Crippen LogP contribution is -2.26. The number of amides is 1. The van der Waals surface area contributed by atoms with Crippen molar-refractivity contribution < 1.29 is 9.53 Å². The molecule has 0 spiro atoms. The topological polar surface area (TPSA) is 99.2 Å². The van der Waals surface area contributed by atoms with Gasteiger partial charge in [-0.25, -0.2) is 4.79 Å². The first-order valence-corrected chi connectivity index (χ1v) is 7.54. The molecule has 1 heterocycles. The van der Waals surface area contributed by atoms with Gasteiger partial charge in [0.1, 0.15) is 0 Å². The molecule has 0 unspecified atom stereocenters. The van der Waals surface area contributed by atoms with Crippen LogP contribution in [0.2, 0.25) is 5.02 Å². The number of aromatic nitrogens is 2. The van der Waals surface area contributed by atoms with E-state index in [4.69, 9.17) is 22.1 Å². The summed E-state index contributed by atoms with van der Waals surface area (Å²) in [5.41, 5.74) is 5.43. The van der Waals surface area contributed by atoms with E-state index in [0.717, 1.165) is 5.56 Å². The van der Waals surface area contributed by atoms with E-state index in [1.807, 2.05) is 0 Å². The molecule has 23 heavy (non-hydrogen) atoms. The Morgan fingerprint density at radius 1 is 1.43 bits per heavy atom. The van der Waals surface area contributed by atoms with Crippen molar-refractivity contribution in [1.82, 2.24) is 9.55 Å². The van der Waals surface area contributed by atoms with Crippen molar-refractivity contribution in [3.8, 4) is 5.88 Å². The second-order valence-corrected chi connectivity index (χ2v) is 5.40. The average Bonchev–Trinajstić information content (AvgIpc) is 2.48. The second-order valence-electron chi connectivity index (χ2n) is 4.56. The molecule has 7 nitrogen and oxygen atoms in total. The molecular weight excluding hydrogens is 340 g/mol. The summed E-state index contributed by atoms with van der Waals surface area (Å²) in [6.07, 6.45) is -1.03. The zero-order valence-corrected chi connectivity index (χ0v) is 13.9. The highest BCUT2D eigenvalue weighted by molar-refractivity contribution is 7.80. The number of nitrogens with two attached hydrogens (primary N) is 1. The van der Waals surface area contributed by atoms with Gasteiger partial charge in [-0.15, -0.1) is 12.6 Å². The number of primary amides is 1. The van der Waals surface area contributed by atoms with Crippen molar-refractivity contribution >= 4 is 36.0 Å². The van der Waals surface area contributed by atoms with Crippen LogP contribution in [0.15, 0.2) is 34.2 Å². The summed E-state index contributed by atoms with van der Waals surface area (Å²) >= 11 is 10.1. The Kier molecular flexibility index (Phi) is 5.51. The highest BCUT2D eigenvalue weighted by atomic mass is 35.5. The summed E-state index contributed by atoms with van der Waals surface area (Å²) in [5.74, 6) is -0.0284. The third kappa shape index (κ3) is 4.17. The monoisotopic (exact) mass is 354 g/mol. The number of carbonyl (C=O) groups is 1. The minimum Gasteiger partial charge on any atom is -0.391 e. The maximum Gasteiger partial charge on any atom is 0.411 e. The Labute approximate surface area is 142 Å². The highest BCUT2D eigenvalue weighted by Crippen LogP contribution is 2.25. The van der Waals surface area contributed by atoms with Crippen LogP contribution in [0, 0.1) is 0 Å². The van der Waals surface area contributed by atoms with Gasteiger partial charge in [0.25, 0.3) is 0 Å². The summed E-state index contributed by atoms with van der Waals surface area (Å²) in [6, 6.07) is 7.05. The first kappa shape index (κ1) is 17.2. The van der Waals surface area contributed by atoms with E-state index in [9.17, 15) is 9.59 Å². The highest BCUT2D eigenvalue weighted by Gasteiger charge is 2.19. The smallest absolute Gasteiger partial charge is 0.391 e. The number of benzene rings is 1. The minimum atomic E-state index is -1.03. The van der Waals surface area contributed by atoms with Gasteiger partial charge >= 0.3 is 11.7 Å². The number of rotatable bonds is 5. The van der Waals surface area contributed by atoms with E-state index < -0.39 is 11.7 Å². The van der Waals surface area contributed by atoms with Crippen LogP contribution in [-0.2, 0) is 6.54 Å².